The quantitative estimate of drug-likeness (QED) is 0.818. The average molecular weight is 320 g/mol. The van der Waals surface area contributed by atoms with Gasteiger partial charge in [-0.2, -0.15) is 18.4 Å². The zero-order valence-corrected chi connectivity index (χ0v) is 12.2. The van der Waals surface area contributed by atoms with Crippen LogP contribution in [0.5, 0.6) is 0 Å². The normalized spacial score (nSPS) is 12.0. The van der Waals surface area contributed by atoms with Crippen molar-refractivity contribution in [2.75, 3.05) is 23.4 Å². The Morgan fingerprint density at radius 2 is 2.00 bits per heavy atom. The van der Waals surface area contributed by atoms with Crippen LogP contribution >= 0.6 is 0 Å². The summed E-state index contributed by atoms with van der Waals surface area (Å²) in [4.78, 5) is 0. The van der Waals surface area contributed by atoms with Gasteiger partial charge in [0.1, 0.15) is 15.9 Å². The van der Waals surface area contributed by atoms with Crippen molar-refractivity contribution in [2.45, 2.75) is 19.5 Å². The van der Waals surface area contributed by atoms with Crippen LogP contribution in [0, 0.1) is 11.3 Å². The lowest BCUT2D eigenvalue weighted by molar-refractivity contribution is -0.137. The molecule has 0 unspecified atom stereocenters. The van der Waals surface area contributed by atoms with E-state index in [1.54, 1.807) is 13.0 Å². The molecule has 4 nitrogen and oxygen atoms in total. The van der Waals surface area contributed by atoms with Crippen LogP contribution in [0.2, 0.25) is 0 Å². The first-order valence-corrected chi connectivity index (χ1v) is 8.07. The summed E-state index contributed by atoms with van der Waals surface area (Å²) in [6.45, 7) is 1.81. The van der Waals surface area contributed by atoms with Crippen molar-refractivity contribution in [3.8, 4) is 6.07 Å². The summed E-state index contributed by atoms with van der Waals surface area (Å²) in [6, 6.07) is 4.52. The van der Waals surface area contributed by atoms with Crippen molar-refractivity contribution in [3.05, 3.63) is 29.3 Å². The lowest BCUT2D eigenvalue weighted by Crippen LogP contribution is -2.13. The topological polar surface area (TPSA) is 70.0 Å². The first-order valence-electron chi connectivity index (χ1n) is 6.25. The largest absolute Gasteiger partial charge is 0.416 e. The first-order chi connectivity index (χ1) is 9.69. The number of nitrogens with zero attached hydrogens (tertiary/aromatic N) is 1. The molecule has 0 saturated heterocycles. The lowest BCUT2D eigenvalue weighted by atomic mass is 10.1. The van der Waals surface area contributed by atoms with E-state index in [0.717, 1.165) is 12.1 Å². The van der Waals surface area contributed by atoms with Crippen molar-refractivity contribution >= 4 is 15.5 Å². The van der Waals surface area contributed by atoms with Crippen molar-refractivity contribution < 1.29 is 21.6 Å². The predicted molar refractivity (Wildman–Crippen MR) is 73.6 cm³/mol. The monoisotopic (exact) mass is 320 g/mol. The van der Waals surface area contributed by atoms with Gasteiger partial charge in [0.25, 0.3) is 0 Å². The van der Waals surface area contributed by atoms with E-state index in [4.69, 9.17) is 5.26 Å². The highest BCUT2D eigenvalue weighted by atomic mass is 32.2. The summed E-state index contributed by atoms with van der Waals surface area (Å²) < 4.78 is 60.1. The van der Waals surface area contributed by atoms with Crippen molar-refractivity contribution in [1.29, 1.82) is 5.26 Å². The molecular formula is C13H15F3N2O2S. The van der Waals surface area contributed by atoms with Gasteiger partial charge in [0.05, 0.1) is 22.6 Å². The molecule has 0 saturated carbocycles. The molecule has 0 amide bonds. The van der Waals surface area contributed by atoms with Gasteiger partial charge in [-0.15, -0.1) is 0 Å². The summed E-state index contributed by atoms with van der Waals surface area (Å²) in [5.41, 5.74) is -0.749. The molecule has 0 aliphatic rings. The molecule has 1 N–H and O–H groups in total. The third-order valence-electron chi connectivity index (χ3n) is 2.85. The molecule has 0 fully saturated rings. The Balaban J connectivity index is 2.71. The van der Waals surface area contributed by atoms with Crippen LogP contribution in [0.1, 0.15) is 24.5 Å². The molecule has 0 aromatic heterocycles. The van der Waals surface area contributed by atoms with Crippen molar-refractivity contribution in [1.82, 2.24) is 0 Å². The fourth-order valence-electron chi connectivity index (χ4n) is 1.63. The van der Waals surface area contributed by atoms with Gasteiger partial charge in [-0.3, -0.25) is 0 Å². The summed E-state index contributed by atoms with van der Waals surface area (Å²) in [5, 5.41) is 11.7. The van der Waals surface area contributed by atoms with Gasteiger partial charge >= 0.3 is 6.18 Å². The molecule has 1 aromatic carbocycles. The number of benzene rings is 1. The fourth-order valence-corrected chi connectivity index (χ4v) is 2.50. The van der Waals surface area contributed by atoms with Crippen LogP contribution in [-0.4, -0.2) is 26.5 Å². The van der Waals surface area contributed by atoms with Crippen LogP contribution in [0.25, 0.3) is 0 Å². The van der Waals surface area contributed by atoms with Crippen LogP contribution in [0.3, 0.4) is 0 Å². The second kappa shape index (κ2) is 6.80. The highest BCUT2D eigenvalue weighted by Gasteiger charge is 2.31. The molecule has 0 heterocycles. The van der Waals surface area contributed by atoms with E-state index < -0.39 is 21.6 Å². The van der Waals surface area contributed by atoms with Crippen LogP contribution in [0.4, 0.5) is 18.9 Å². The molecule has 1 rings (SSSR count). The van der Waals surface area contributed by atoms with Crippen molar-refractivity contribution in [2.24, 2.45) is 0 Å². The predicted octanol–water partition coefficient (Wildman–Crippen LogP) is 2.81. The average Bonchev–Trinajstić information content (AvgIpc) is 2.42. The maximum absolute atomic E-state index is 12.5. The molecule has 0 bridgehead atoms. The number of sulfone groups is 1. The van der Waals surface area contributed by atoms with Gasteiger partial charge in [0.2, 0.25) is 0 Å². The van der Waals surface area contributed by atoms with E-state index in [9.17, 15) is 21.6 Å². The maximum atomic E-state index is 12.5. The molecule has 0 spiro atoms. The lowest BCUT2D eigenvalue weighted by Gasteiger charge is -2.11. The van der Waals surface area contributed by atoms with E-state index >= 15 is 0 Å². The van der Waals surface area contributed by atoms with Gasteiger partial charge in [-0.05, 0) is 24.6 Å². The van der Waals surface area contributed by atoms with E-state index in [-0.39, 0.29) is 29.3 Å². The van der Waals surface area contributed by atoms with Gasteiger partial charge in [-0.1, -0.05) is 6.92 Å². The Morgan fingerprint density at radius 3 is 2.52 bits per heavy atom. The van der Waals surface area contributed by atoms with Crippen LogP contribution in [0.15, 0.2) is 18.2 Å². The number of hydrogen-bond donors (Lipinski definition) is 1. The minimum Gasteiger partial charge on any atom is -0.384 e. The zero-order valence-electron chi connectivity index (χ0n) is 11.4. The van der Waals surface area contributed by atoms with Gasteiger partial charge in [0.15, 0.2) is 0 Å². The Labute approximate surface area is 121 Å². The second-order valence-corrected chi connectivity index (χ2v) is 6.86. The summed E-state index contributed by atoms with van der Waals surface area (Å²) in [7, 11) is -3.07. The Bertz CT molecular complexity index is 634. The number of alkyl halides is 3. The van der Waals surface area contributed by atoms with Crippen LogP contribution in [-0.2, 0) is 16.0 Å². The molecule has 0 aliphatic carbocycles. The smallest absolute Gasteiger partial charge is 0.384 e. The SMILES string of the molecule is CCS(=O)(=O)CCCNc1ccc(C(F)(F)F)cc1C#N. The van der Waals surface area contributed by atoms with Gasteiger partial charge in [0, 0.05) is 12.3 Å². The van der Waals surface area contributed by atoms with E-state index in [1.165, 1.54) is 6.07 Å². The highest BCUT2D eigenvalue weighted by molar-refractivity contribution is 7.91. The first kappa shape index (κ1) is 17.3. The molecule has 1 aromatic rings. The van der Waals surface area contributed by atoms with E-state index in [2.05, 4.69) is 5.32 Å². The second-order valence-electron chi connectivity index (χ2n) is 4.39. The minimum absolute atomic E-state index is 0.000971. The third-order valence-corrected chi connectivity index (χ3v) is 4.65. The Hall–Kier alpha value is -1.75. The Morgan fingerprint density at radius 1 is 1.33 bits per heavy atom. The number of nitriles is 1. The molecule has 0 atom stereocenters. The summed E-state index contributed by atoms with van der Waals surface area (Å²) in [5.74, 6) is 0.0513. The van der Waals surface area contributed by atoms with E-state index in [1.807, 2.05) is 0 Å². The van der Waals surface area contributed by atoms with Gasteiger partial charge < -0.3 is 5.32 Å². The molecule has 21 heavy (non-hydrogen) atoms. The highest BCUT2D eigenvalue weighted by Crippen LogP contribution is 2.31. The minimum atomic E-state index is -4.50. The molecule has 0 aliphatic heterocycles. The number of hydrogen-bond acceptors (Lipinski definition) is 4. The molecular weight excluding hydrogens is 305 g/mol. The zero-order chi connectivity index (χ0) is 16.1. The molecule has 0 radical (unpaired) electrons. The summed E-state index contributed by atoms with van der Waals surface area (Å²) in [6.07, 6.45) is -4.18. The van der Waals surface area contributed by atoms with Crippen molar-refractivity contribution in [3.63, 3.8) is 0 Å². The fraction of sp³-hybridized carbons (Fsp3) is 0.462. The Kier molecular flexibility index (Phi) is 5.61. The standard InChI is InChI=1S/C13H15F3N2O2S/c1-2-21(19,20)7-3-6-18-12-5-4-11(13(14,15)16)8-10(12)9-17/h4-5,8,18H,2-3,6-7H2,1H3. The maximum Gasteiger partial charge on any atom is 0.416 e. The van der Waals surface area contributed by atoms with Gasteiger partial charge in [-0.25, -0.2) is 8.42 Å². The third kappa shape index (κ3) is 5.27. The number of anilines is 1. The summed E-state index contributed by atoms with van der Waals surface area (Å²) >= 11 is 0. The molecule has 8 heteroatoms. The van der Waals surface area contributed by atoms with E-state index in [0.29, 0.717) is 6.42 Å². The van der Waals surface area contributed by atoms with Crippen LogP contribution < -0.4 is 5.32 Å². The molecule has 116 valence electrons. The number of nitrogens with one attached hydrogen (secondary N) is 1. The number of rotatable bonds is 6. The number of halogens is 3.